The number of aliphatic hydroxyl groups excluding tert-OH is 1. The minimum atomic E-state index is -0.350. The summed E-state index contributed by atoms with van der Waals surface area (Å²) in [5.74, 6) is 0.0699. The Morgan fingerprint density at radius 1 is 1.40 bits per heavy atom. The van der Waals surface area contributed by atoms with Crippen LogP contribution < -0.4 is 0 Å². The summed E-state index contributed by atoms with van der Waals surface area (Å²) in [7, 11) is 0. The van der Waals surface area contributed by atoms with Crippen LogP contribution in [0.3, 0.4) is 0 Å². The van der Waals surface area contributed by atoms with Gasteiger partial charge in [0.25, 0.3) is 5.91 Å². The molecule has 1 aliphatic heterocycles. The minimum Gasteiger partial charge on any atom is -0.393 e. The number of nitrogens with zero attached hydrogens (tertiary/aromatic N) is 3. The molecule has 2 aromatic heterocycles. The molecule has 3 atom stereocenters. The molecule has 4 rings (SSSR count). The molecule has 0 spiro atoms. The zero-order chi connectivity index (χ0) is 17.6. The highest BCUT2D eigenvalue weighted by molar-refractivity contribution is 6.06. The molecule has 134 valence electrons. The third-order valence-electron chi connectivity index (χ3n) is 5.52. The monoisotopic (exact) mass is 344 g/mol. The van der Waals surface area contributed by atoms with E-state index >= 15 is 0 Å². The van der Waals surface area contributed by atoms with Gasteiger partial charge in [0.05, 0.1) is 36.3 Å². The number of aromatic amines is 1. The Bertz CT molecular complexity index is 803. The van der Waals surface area contributed by atoms with Crippen molar-refractivity contribution < 1.29 is 14.6 Å². The lowest BCUT2D eigenvalue weighted by Crippen LogP contribution is -2.53. The van der Waals surface area contributed by atoms with E-state index in [1.165, 1.54) is 0 Å². The van der Waals surface area contributed by atoms with Gasteiger partial charge in [-0.1, -0.05) is 6.42 Å². The Morgan fingerprint density at radius 2 is 2.24 bits per heavy atom. The number of hydrogen-bond donors (Lipinski definition) is 2. The lowest BCUT2D eigenvalue weighted by atomic mass is 9.93. The number of rotatable bonds is 2. The number of hydrogen-bond acceptors (Lipinski definition) is 5. The van der Waals surface area contributed by atoms with Gasteiger partial charge in [0.2, 0.25) is 0 Å². The molecule has 0 radical (unpaired) electrons. The summed E-state index contributed by atoms with van der Waals surface area (Å²) in [5, 5.41) is 18.2. The molecule has 7 nitrogen and oxygen atoms in total. The molecular formula is C18H24N4O3. The normalized spacial score (nSPS) is 27.2. The van der Waals surface area contributed by atoms with Crippen LogP contribution in [0.4, 0.5) is 0 Å². The van der Waals surface area contributed by atoms with E-state index in [1.54, 1.807) is 0 Å². The number of nitrogens with one attached hydrogen (secondary N) is 1. The quantitative estimate of drug-likeness (QED) is 0.863. The maximum Gasteiger partial charge on any atom is 0.255 e. The van der Waals surface area contributed by atoms with Crippen LogP contribution in [-0.4, -0.2) is 63.0 Å². The number of carbonyl (C=O) groups is 1. The van der Waals surface area contributed by atoms with E-state index in [0.29, 0.717) is 31.0 Å². The average Bonchev–Trinajstić information content (AvgIpc) is 3.19. The number of morpholine rings is 1. The molecule has 0 unspecified atom stereocenters. The van der Waals surface area contributed by atoms with E-state index in [9.17, 15) is 9.90 Å². The molecule has 1 aliphatic carbocycles. The fourth-order valence-electron chi connectivity index (χ4n) is 4.27. The highest BCUT2D eigenvalue weighted by atomic mass is 16.5. The lowest BCUT2D eigenvalue weighted by molar-refractivity contribution is -0.0382. The third kappa shape index (κ3) is 2.81. The maximum atomic E-state index is 13.4. The van der Waals surface area contributed by atoms with E-state index in [-0.39, 0.29) is 24.0 Å². The second-order valence-corrected chi connectivity index (χ2v) is 7.16. The zero-order valence-corrected chi connectivity index (χ0v) is 14.7. The summed E-state index contributed by atoms with van der Waals surface area (Å²) in [4.78, 5) is 19.7. The molecule has 3 heterocycles. The van der Waals surface area contributed by atoms with Crippen LogP contribution in [0.5, 0.6) is 0 Å². The number of pyridine rings is 1. The van der Waals surface area contributed by atoms with Crippen molar-refractivity contribution in [1.29, 1.82) is 0 Å². The van der Waals surface area contributed by atoms with Gasteiger partial charge in [-0.05, 0) is 32.8 Å². The Hall–Kier alpha value is -1.99. The Kier molecular flexibility index (Phi) is 4.21. The third-order valence-corrected chi connectivity index (χ3v) is 5.52. The molecule has 2 fully saturated rings. The van der Waals surface area contributed by atoms with Crippen molar-refractivity contribution in [2.75, 3.05) is 19.8 Å². The van der Waals surface area contributed by atoms with Gasteiger partial charge in [0, 0.05) is 23.9 Å². The Labute approximate surface area is 146 Å². The summed E-state index contributed by atoms with van der Waals surface area (Å²) in [5.41, 5.74) is 2.82. The van der Waals surface area contributed by atoms with Crippen molar-refractivity contribution in [3.63, 3.8) is 0 Å². The topological polar surface area (TPSA) is 91.3 Å². The molecule has 7 heteroatoms. The molecule has 0 bridgehead atoms. The van der Waals surface area contributed by atoms with Gasteiger partial charge < -0.3 is 14.7 Å². The van der Waals surface area contributed by atoms with Crippen molar-refractivity contribution in [2.45, 2.75) is 45.3 Å². The number of aliphatic hydroxyl groups is 1. The second kappa shape index (κ2) is 6.38. The van der Waals surface area contributed by atoms with E-state index < -0.39 is 0 Å². The number of ether oxygens (including phenoxy) is 1. The van der Waals surface area contributed by atoms with Crippen molar-refractivity contribution in [2.24, 2.45) is 5.92 Å². The fraction of sp³-hybridized carbons (Fsp3) is 0.611. The molecule has 1 saturated carbocycles. The van der Waals surface area contributed by atoms with Gasteiger partial charge in [0.1, 0.15) is 0 Å². The van der Waals surface area contributed by atoms with E-state index in [2.05, 4.69) is 15.2 Å². The number of amides is 1. The number of aryl methyl sites for hydroxylation is 2. The predicted molar refractivity (Wildman–Crippen MR) is 92.4 cm³/mol. The highest BCUT2D eigenvalue weighted by Crippen LogP contribution is 2.33. The van der Waals surface area contributed by atoms with Crippen LogP contribution in [0.15, 0.2) is 6.07 Å². The fourth-order valence-corrected chi connectivity index (χ4v) is 4.27. The molecular weight excluding hydrogens is 320 g/mol. The summed E-state index contributed by atoms with van der Waals surface area (Å²) in [6.45, 7) is 5.35. The molecule has 0 aromatic carbocycles. The molecule has 1 amide bonds. The summed E-state index contributed by atoms with van der Waals surface area (Å²) in [6, 6.07) is 1.76. The standard InChI is InChI=1S/C18H24N4O3/c1-10-8-13(16-11(2)20-21-17(16)19-10)18(24)22-6-7-25-9-14(22)12-4-3-5-15(12)23/h8,12,14-15,23H,3-7,9H2,1-2H3,(H,19,20,21)/t12-,14+,15+/m0/s1. The summed E-state index contributed by atoms with van der Waals surface area (Å²) >= 11 is 0. The minimum absolute atomic E-state index is 0.0209. The van der Waals surface area contributed by atoms with E-state index in [4.69, 9.17) is 4.74 Å². The largest absolute Gasteiger partial charge is 0.393 e. The number of carbonyl (C=O) groups excluding carboxylic acids is 1. The summed E-state index contributed by atoms with van der Waals surface area (Å²) < 4.78 is 5.64. The molecule has 2 N–H and O–H groups in total. The zero-order valence-electron chi connectivity index (χ0n) is 14.7. The highest BCUT2D eigenvalue weighted by Gasteiger charge is 2.40. The van der Waals surface area contributed by atoms with Crippen molar-refractivity contribution in [3.05, 3.63) is 23.0 Å². The van der Waals surface area contributed by atoms with Crippen molar-refractivity contribution in [3.8, 4) is 0 Å². The molecule has 1 saturated heterocycles. The van der Waals surface area contributed by atoms with Gasteiger partial charge in [0.15, 0.2) is 5.65 Å². The van der Waals surface area contributed by atoms with Crippen LogP contribution in [0.1, 0.15) is 41.0 Å². The smallest absolute Gasteiger partial charge is 0.255 e. The van der Waals surface area contributed by atoms with Gasteiger partial charge in [-0.2, -0.15) is 5.10 Å². The first-order valence-electron chi connectivity index (χ1n) is 8.95. The first-order valence-corrected chi connectivity index (χ1v) is 8.95. The maximum absolute atomic E-state index is 13.4. The van der Waals surface area contributed by atoms with Gasteiger partial charge in [-0.15, -0.1) is 0 Å². The van der Waals surface area contributed by atoms with Gasteiger partial charge in [-0.25, -0.2) is 4.98 Å². The predicted octanol–water partition coefficient (Wildman–Crippen LogP) is 1.58. The Balaban J connectivity index is 1.72. The van der Waals surface area contributed by atoms with Crippen molar-refractivity contribution in [1.82, 2.24) is 20.1 Å². The second-order valence-electron chi connectivity index (χ2n) is 7.16. The number of fused-ring (bicyclic) bond motifs is 1. The molecule has 25 heavy (non-hydrogen) atoms. The Morgan fingerprint density at radius 3 is 3.00 bits per heavy atom. The van der Waals surface area contributed by atoms with Gasteiger partial charge >= 0.3 is 0 Å². The number of H-pyrrole nitrogens is 1. The van der Waals surface area contributed by atoms with Crippen LogP contribution >= 0.6 is 0 Å². The molecule has 2 aromatic rings. The SMILES string of the molecule is Cc1cc(C(=O)N2CCOC[C@@H]2[C@@H]2CCC[C@H]2O)c2c(C)[nH]nc2n1. The van der Waals surface area contributed by atoms with Crippen LogP contribution in [0.2, 0.25) is 0 Å². The van der Waals surface area contributed by atoms with E-state index in [1.807, 2.05) is 24.8 Å². The average molecular weight is 344 g/mol. The van der Waals surface area contributed by atoms with E-state index in [0.717, 1.165) is 36.0 Å². The first kappa shape index (κ1) is 16.5. The molecule has 2 aliphatic rings. The lowest BCUT2D eigenvalue weighted by Gasteiger charge is -2.40. The summed E-state index contributed by atoms with van der Waals surface area (Å²) in [6.07, 6.45) is 2.40. The van der Waals surface area contributed by atoms with Crippen molar-refractivity contribution >= 4 is 16.9 Å². The van der Waals surface area contributed by atoms with Crippen LogP contribution in [-0.2, 0) is 4.74 Å². The van der Waals surface area contributed by atoms with Gasteiger partial charge in [-0.3, -0.25) is 9.89 Å². The van der Waals surface area contributed by atoms with Crippen LogP contribution in [0.25, 0.3) is 11.0 Å². The number of aromatic nitrogens is 3. The van der Waals surface area contributed by atoms with Crippen LogP contribution in [0, 0.1) is 19.8 Å². The first-order chi connectivity index (χ1) is 12.1.